The summed E-state index contributed by atoms with van der Waals surface area (Å²) < 4.78 is 6.09. The van der Waals surface area contributed by atoms with E-state index in [2.05, 4.69) is 10.3 Å². The number of hydrogen-bond acceptors (Lipinski definition) is 5. The molecule has 44 heavy (non-hydrogen) atoms. The van der Waals surface area contributed by atoms with Gasteiger partial charge in [0.2, 0.25) is 17.7 Å². The molecular formula is C34H32Cl2N4O4. The van der Waals surface area contributed by atoms with Crippen molar-refractivity contribution in [2.45, 2.75) is 33.3 Å². The molecule has 3 aromatic carbocycles. The minimum Gasteiger partial charge on any atom is -0.487 e. The van der Waals surface area contributed by atoms with Crippen molar-refractivity contribution >= 4 is 69.3 Å². The lowest BCUT2D eigenvalue weighted by atomic mass is 9.99. The molecule has 0 spiro atoms. The molecule has 2 heterocycles. The minimum absolute atomic E-state index is 0.0150. The number of hydrogen-bond donors (Lipinski definition) is 1. The van der Waals surface area contributed by atoms with E-state index < -0.39 is 5.91 Å². The van der Waals surface area contributed by atoms with E-state index in [1.54, 1.807) is 37.1 Å². The summed E-state index contributed by atoms with van der Waals surface area (Å²) >= 11 is 13.2. The van der Waals surface area contributed by atoms with Crippen LogP contribution in [0.5, 0.6) is 5.75 Å². The van der Waals surface area contributed by atoms with E-state index in [1.807, 2.05) is 55.5 Å². The average Bonchev–Trinajstić information content (AvgIpc) is 3.01. The Morgan fingerprint density at radius 3 is 2.70 bits per heavy atom. The van der Waals surface area contributed by atoms with Crippen molar-refractivity contribution in [3.05, 3.63) is 99.2 Å². The summed E-state index contributed by atoms with van der Waals surface area (Å²) in [6, 6.07) is 18.7. The third-order valence-corrected chi connectivity index (χ3v) is 8.31. The summed E-state index contributed by atoms with van der Waals surface area (Å²) in [6.07, 6.45) is 4.83. The van der Waals surface area contributed by atoms with Gasteiger partial charge in [0.05, 0.1) is 17.3 Å². The number of para-hydroxylation sites is 1. The maximum absolute atomic E-state index is 13.0. The highest BCUT2D eigenvalue weighted by Gasteiger charge is 2.21. The number of likely N-dealkylation sites (N-methyl/N-ethyl adjacent to an activating group) is 1. The van der Waals surface area contributed by atoms with Crippen LogP contribution >= 0.6 is 23.2 Å². The number of rotatable bonds is 8. The highest BCUT2D eigenvalue weighted by Crippen LogP contribution is 2.35. The molecule has 3 amide bonds. The first-order valence-corrected chi connectivity index (χ1v) is 15.0. The molecule has 0 atom stereocenters. The Morgan fingerprint density at radius 1 is 1.09 bits per heavy atom. The van der Waals surface area contributed by atoms with Crippen LogP contribution in [0, 0.1) is 6.92 Å². The van der Waals surface area contributed by atoms with Gasteiger partial charge in [-0.25, -0.2) is 4.98 Å². The number of carbonyl (C=O) groups is 3. The van der Waals surface area contributed by atoms with Crippen LogP contribution in [0.25, 0.3) is 17.0 Å². The lowest BCUT2D eigenvalue weighted by Gasteiger charge is -2.28. The zero-order chi connectivity index (χ0) is 31.4. The number of carbonyl (C=O) groups excluding carboxylic acids is 3. The van der Waals surface area contributed by atoms with Crippen LogP contribution in [-0.4, -0.2) is 42.8 Å². The smallest absolute Gasteiger partial charge is 0.246 e. The van der Waals surface area contributed by atoms with Crippen LogP contribution in [-0.2, 0) is 27.4 Å². The van der Waals surface area contributed by atoms with Crippen molar-refractivity contribution in [3.63, 3.8) is 0 Å². The Kier molecular flexibility index (Phi) is 9.52. The lowest BCUT2D eigenvalue weighted by molar-refractivity contribution is -0.122. The number of aryl methyl sites for hydroxylation is 2. The summed E-state index contributed by atoms with van der Waals surface area (Å²) in [5.74, 6) is -0.168. The third-order valence-electron chi connectivity index (χ3n) is 7.54. The number of nitrogens with zero attached hydrogens (tertiary/aromatic N) is 3. The van der Waals surface area contributed by atoms with Crippen LogP contribution in [0.15, 0.2) is 66.7 Å². The maximum Gasteiger partial charge on any atom is 0.246 e. The SMILES string of the molecule is CC(=O)N1CCCc2cc(C=CC(=O)NCC(=O)N(C)c3ccc(Cl)c(COc4cccc5ccc(C)nc45)c3Cl)ccc21. The van der Waals surface area contributed by atoms with Crippen LogP contribution in [0.1, 0.15) is 35.7 Å². The third kappa shape index (κ3) is 6.87. The van der Waals surface area contributed by atoms with Crippen LogP contribution < -0.4 is 19.9 Å². The summed E-state index contributed by atoms with van der Waals surface area (Å²) in [5, 5.41) is 4.26. The number of pyridine rings is 1. The molecule has 10 heteroatoms. The standard InChI is InChI=1S/C34H32Cl2N4O4/c1-21-9-12-24-6-4-8-30(34(24)38-21)44-20-26-27(35)13-15-29(33(26)36)39(3)32(43)19-37-31(42)16-11-23-10-14-28-25(18-23)7-5-17-40(28)22(2)41/h4,6,8-16,18H,5,7,17,19-20H2,1-3H3,(H,37,42). The highest BCUT2D eigenvalue weighted by atomic mass is 35.5. The molecule has 4 aromatic rings. The van der Waals surface area contributed by atoms with Crippen LogP contribution in [0.4, 0.5) is 11.4 Å². The zero-order valence-electron chi connectivity index (χ0n) is 24.7. The Hall–Kier alpha value is -4.40. The van der Waals surface area contributed by atoms with Gasteiger partial charge in [0, 0.05) is 53.9 Å². The van der Waals surface area contributed by atoms with Gasteiger partial charge in [-0.2, -0.15) is 0 Å². The summed E-state index contributed by atoms with van der Waals surface area (Å²) in [4.78, 5) is 45.2. The number of halogens is 2. The fourth-order valence-electron chi connectivity index (χ4n) is 5.15. The molecule has 0 radical (unpaired) electrons. The molecule has 0 saturated heterocycles. The highest BCUT2D eigenvalue weighted by molar-refractivity contribution is 6.38. The number of ether oxygens (including phenoxy) is 1. The van der Waals surface area contributed by atoms with E-state index in [0.717, 1.165) is 46.3 Å². The van der Waals surface area contributed by atoms with Gasteiger partial charge >= 0.3 is 0 Å². The molecule has 0 bridgehead atoms. The maximum atomic E-state index is 13.0. The largest absolute Gasteiger partial charge is 0.487 e. The number of nitrogens with one attached hydrogen (secondary N) is 1. The van der Waals surface area contributed by atoms with Crippen molar-refractivity contribution < 1.29 is 19.1 Å². The molecule has 1 N–H and O–H groups in total. The minimum atomic E-state index is -0.412. The van der Waals surface area contributed by atoms with Gasteiger partial charge in [0.1, 0.15) is 17.9 Å². The molecule has 0 fully saturated rings. The summed E-state index contributed by atoms with van der Waals surface area (Å²) in [7, 11) is 1.58. The normalized spacial score (nSPS) is 12.7. The van der Waals surface area contributed by atoms with Crippen molar-refractivity contribution in [2.24, 2.45) is 0 Å². The second-order valence-electron chi connectivity index (χ2n) is 10.6. The first kappa shape index (κ1) is 31.0. The topological polar surface area (TPSA) is 91.8 Å². The second kappa shape index (κ2) is 13.5. The van der Waals surface area contributed by atoms with Gasteiger partial charge in [0.15, 0.2) is 0 Å². The monoisotopic (exact) mass is 630 g/mol. The Bertz CT molecular complexity index is 1790. The van der Waals surface area contributed by atoms with Gasteiger partial charge in [0.25, 0.3) is 0 Å². The molecule has 1 aromatic heterocycles. The molecule has 226 valence electrons. The number of fused-ring (bicyclic) bond motifs is 2. The molecule has 1 aliphatic heterocycles. The van der Waals surface area contributed by atoms with Crippen molar-refractivity contribution in [3.8, 4) is 5.75 Å². The van der Waals surface area contributed by atoms with Gasteiger partial charge in [-0.05, 0) is 73.4 Å². The molecule has 1 aliphatic rings. The number of aromatic nitrogens is 1. The first-order chi connectivity index (χ1) is 21.1. The van der Waals surface area contributed by atoms with E-state index in [1.165, 1.54) is 11.0 Å². The van der Waals surface area contributed by atoms with E-state index in [9.17, 15) is 14.4 Å². The number of anilines is 2. The van der Waals surface area contributed by atoms with Gasteiger partial charge < -0.3 is 19.9 Å². The first-order valence-electron chi connectivity index (χ1n) is 14.2. The average molecular weight is 632 g/mol. The Balaban J connectivity index is 1.21. The fraction of sp³-hybridized carbons (Fsp3) is 0.235. The molecule has 8 nitrogen and oxygen atoms in total. The summed E-state index contributed by atoms with van der Waals surface area (Å²) in [6.45, 7) is 4.02. The fourth-order valence-corrected chi connectivity index (χ4v) is 5.76. The molecular weight excluding hydrogens is 599 g/mol. The Labute approximate surface area is 266 Å². The van der Waals surface area contributed by atoms with E-state index in [0.29, 0.717) is 28.6 Å². The number of benzene rings is 3. The van der Waals surface area contributed by atoms with Crippen molar-refractivity contribution in [1.29, 1.82) is 0 Å². The van der Waals surface area contributed by atoms with E-state index in [-0.39, 0.29) is 30.0 Å². The van der Waals surface area contributed by atoms with E-state index in [4.69, 9.17) is 27.9 Å². The van der Waals surface area contributed by atoms with Gasteiger partial charge in [-0.1, -0.05) is 47.5 Å². The van der Waals surface area contributed by atoms with Gasteiger partial charge in [-0.3, -0.25) is 14.4 Å². The van der Waals surface area contributed by atoms with Crippen molar-refractivity contribution in [2.75, 3.05) is 29.9 Å². The van der Waals surface area contributed by atoms with Crippen LogP contribution in [0.2, 0.25) is 10.0 Å². The molecule has 0 saturated carbocycles. The zero-order valence-corrected chi connectivity index (χ0v) is 26.2. The van der Waals surface area contributed by atoms with Crippen molar-refractivity contribution in [1.82, 2.24) is 10.3 Å². The predicted molar refractivity (Wildman–Crippen MR) is 176 cm³/mol. The predicted octanol–water partition coefficient (Wildman–Crippen LogP) is 6.52. The van der Waals surface area contributed by atoms with Gasteiger partial charge in [-0.15, -0.1) is 0 Å². The Morgan fingerprint density at radius 2 is 1.91 bits per heavy atom. The molecule has 0 unspecified atom stereocenters. The second-order valence-corrected chi connectivity index (χ2v) is 11.4. The lowest BCUT2D eigenvalue weighted by Crippen LogP contribution is -2.37. The summed E-state index contributed by atoms with van der Waals surface area (Å²) in [5.41, 5.74) is 5.39. The molecule has 0 aliphatic carbocycles. The molecule has 5 rings (SSSR count). The van der Waals surface area contributed by atoms with E-state index >= 15 is 0 Å². The number of amides is 3. The van der Waals surface area contributed by atoms with Crippen LogP contribution in [0.3, 0.4) is 0 Å². The quantitative estimate of drug-likeness (QED) is 0.224.